The van der Waals surface area contributed by atoms with Gasteiger partial charge in [-0.15, -0.1) is 0 Å². The highest BCUT2D eigenvalue weighted by Crippen LogP contribution is 2.26. The van der Waals surface area contributed by atoms with Gasteiger partial charge in [0.1, 0.15) is 6.04 Å². The molecule has 1 aliphatic rings. The normalized spacial score (nSPS) is 23.2. The fourth-order valence-corrected chi connectivity index (χ4v) is 2.65. The highest BCUT2D eigenvalue weighted by atomic mass is 16.2. The van der Waals surface area contributed by atoms with E-state index in [0.29, 0.717) is 19.3 Å². The van der Waals surface area contributed by atoms with Crippen LogP contribution in [0.3, 0.4) is 0 Å². The van der Waals surface area contributed by atoms with Crippen molar-refractivity contribution in [1.82, 2.24) is 5.32 Å². The molecule has 0 radical (unpaired) electrons. The number of nitrogens with one attached hydrogen (secondary N) is 1. The summed E-state index contributed by atoms with van der Waals surface area (Å²) < 4.78 is 0. The molecule has 0 aliphatic carbocycles. The van der Waals surface area contributed by atoms with Crippen LogP contribution in [0.2, 0.25) is 0 Å². The molecule has 2 amide bonds. The van der Waals surface area contributed by atoms with Crippen molar-refractivity contribution >= 4 is 17.5 Å². The molecule has 3 atom stereocenters. The summed E-state index contributed by atoms with van der Waals surface area (Å²) in [6.45, 7) is 3.87. The summed E-state index contributed by atoms with van der Waals surface area (Å²) in [5, 5.41) is 2.83. The predicted octanol–water partition coefficient (Wildman–Crippen LogP) is 1.42. The first-order chi connectivity index (χ1) is 9.99. The number of carbonyl (C=O) groups excluding carboxylic acids is 2. The lowest BCUT2D eigenvalue weighted by Gasteiger charge is -2.21. The number of carbonyl (C=O) groups is 2. The number of anilines is 1. The zero-order valence-electron chi connectivity index (χ0n) is 12.6. The van der Waals surface area contributed by atoms with E-state index in [-0.39, 0.29) is 23.9 Å². The molecule has 1 saturated heterocycles. The summed E-state index contributed by atoms with van der Waals surface area (Å²) >= 11 is 0. The third-order valence-corrected chi connectivity index (χ3v) is 3.75. The molecule has 0 spiro atoms. The van der Waals surface area contributed by atoms with Gasteiger partial charge in [-0.1, -0.05) is 18.2 Å². The number of benzene rings is 1. The van der Waals surface area contributed by atoms with E-state index in [0.717, 1.165) is 5.69 Å². The van der Waals surface area contributed by atoms with Crippen LogP contribution in [0.25, 0.3) is 0 Å². The first kappa shape index (κ1) is 15.5. The molecule has 2 rings (SSSR count). The van der Waals surface area contributed by atoms with Crippen molar-refractivity contribution in [3.8, 4) is 0 Å². The quantitative estimate of drug-likeness (QED) is 0.861. The van der Waals surface area contributed by atoms with Crippen LogP contribution in [0, 0.1) is 0 Å². The summed E-state index contributed by atoms with van der Waals surface area (Å²) in [4.78, 5) is 26.1. The average Bonchev–Trinajstić information content (AvgIpc) is 2.72. The minimum atomic E-state index is -0.430. The molecule has 3 N–H and O–H groups in total. The van der Waals surface area contributed by atoms with Crippen LogP contribution >= 0.6 is 0 Å². The maximum absolute atomic E-state index is 12.5. The summed E-state index contributed by atoms with van der Waals surface area (Å²) in [5.41, 5.74) is 6.52. The number of nitrogens with two attached hydrogens (primary N) is 1. The first-order valence-corrected chi connectivity index (χ1v) is 7.42. The molecule has 21 heavy (non-hydrogen) atoms. The minimum absolute atomic E-state index is 0.00484. The van der Waals surface area contributed by atoms with Gasteiger partial charge in [-0.05, 0) is 38.8 Å². The van der Waals surface area contributed by atoms with Gasteiger partial charge in [-0.25, -0.2) is 0 Å². The largest absolute Gasteiger partial charge is 0.344 e. The SMILES string of the molecule is CC(N)CCC(=O)NC1CC(C)N(c2ccccc2)C1=O. The van der Waals surface area contributed by atoms with Gasteiger partial charge >= 0.3 is 0 Å². The van der Waals surface area contributed by atoms with Crippen LogP contribution in [0.4, 0.5) is 5.69 Å². The van der Waals surface area contributed by atoms with Crippen molar-refractivity contribution in [3.05, 3.63) is 30.3 Å². The number of nitrogens with zero attached hydrogens (tertiary/aromatic N) is 1. The van der Waals surface area contributed by atoms with Crippen LogP contribution in [0.5, 0.6) is 0 Å². The van der Waals surface area contributed by atoms with Gasteiger partial charge in [0.05, 0.1) is 0 Å². The van der Waals surface area contributed by atoms with E-state index in [1.54, 1.807) is 4.90 Å². The summed E-state index contributed by atoms with van der Waals surface area (Å²) in [6.07, 6.45) is 1.63. The highest BCUT2D eigenvalue weighted by molar-refractivity contribution is 6.01. The van der Waals surface area contributed by atoms with Gasteiger partial charge in [0, 0.05) is 24.2 Å². The molecule has 1 aromatic rings. The fourth-order valence-electron chi connectivity index (χ4n) is 2.65. The maximum atomic E-state index is 12.5. The molecule has 1 fully saturated rings. The lowest BCUT2D eigenvalue weighted by molar-refractivity contribution is -0.126. The topological polar surface area (TPSA) is 75.4 Å². The Bertz CT molecular complexity index is 502. The fraction of sp³-hybridized carbons (Fsp3) is 0.500. The second-order valence-electron chi connectivity index (χ2n) is 5.76. The van der Waals surface area contributed by atoms with Crippen molar-refractivity contribution in [3.63, 3.8) is 0 Å². The van der Waals surface area contributed by atoms with E-state index < -0.39 is 6.04 Å². The standard InChI is InChI=1S/C16H23N3O2/c1-11(17)8-9-15(20)18-14-10-12(2)19(16(14)21)13-6-4-3-5-7-13/h3-7,11-12,14H,8-10,17H2,1-2H3,(H,18,20). The number of rotatable bonds is 5. The van der Waals surface area contributed by atoms with Crippen LogP contribution in [-0.4, -0.2) is 29.9 Å². The van der Waals surface area contributed by atoms with E-state index >= 15 is 0 Å². The smallest absolute Gasteiger partial charge is 0.249 e. The van der Waals surface area contributed by atoms with Crippen LogP contribution in [0.15, 0.2) is 30.3 Å². The molecule has 5 heteroatoms. The molecule has 0 bridgehead atoms. The van der Waals surface area contributed by atoms with E-state index in [1.165, 1.54) is 0 Å². The minimum Gasteiger partial charge on any atom is -0.344 e. The Kier molecular flexibility index (Phi) is 4.96. The summed E-state index contributed by atoms with van der Waals surface area (Å²) in [6, 6.07) is 9.20. The molecule has 3 unspecified atom stereocenters. The van der Waals surface area contributed by atoms with Crippen LogP contribution in [0.1, 0.15) is 33.1 Å². The molecule has 1 aliphatic heterocycles. The highest BCUT2D eigenvalue weighted by Gasteiger charge is 2.38. The zero-order valence-corrected chi connectivity index (χ0v) is 12.6. The Labute approximate surface area is 125 Å². The Hall–Kier alpha value is -1.88. The van der Waals surface area contributed by atoms with Gasteiger partial charge in [0.25, 0.3) is 0 Å². The lowest BCUT2D eigenvalue weighted by atomic mass is 10.1. The molecular formula is C16H23N3O2. The molecular weight excluding hydrogens is 266 g/mol. The van der Waals surface area contributed by atoms with Gasteiger partial charge < -0.3 is 16.0 Å². The lowest BCUT2D eigenvalue weighted by Crippen LogP contribution is -2.42. The van der Waals surface area contributed by atoms with E-state index in [1.807, 2.05) is 44.2 Å². The molecule has 1 heterocycles. The Balaban J connectivity index is 1.98. The zero-order chi connectivity index (χ0) is 15.4. The Morgan fingerprint density at radius 2 is 2.10 bits per heavy atom. The van der Waals surface area contributed by atoms with Crippen molar-refractivity contribution in [2.45, 2.75) is 51.2 Å². The van der Waals surface area contributed by atoms with E-state index in [9.17, 15) is 9.59 Å². The second-order valence-corrected chi connectivity index (χ2v) is 5.76. The van der Waals surface area contributed by atoms with Crippen molar-refractivity contribution < 1.29 is 9.59 Å². The second kappa shape index (κ2) is 6.72. The van der Waals surface area contributed by atoms with Crippen molar-refractivity contribution in [2.24, 2.45) is 5.73 Å². The first-order valence-electron chi connectivity index (χ1n) is 7.42. The third-order valence-electron chi connectivity index (χ3n) is 3.75. The van der Waals surface area contributed by atoms with E-state index in [2.05, 4.69) is 5.32 Å². The van der Waals surface area contributed by atoms with Crippen molar-refractivity contribution in [1.29, 1.82) is 0 Å². The third kappa shape index (κ3) is 3.82. The molecule has 1 aromatic carbocycles. The predicted molar refractivity (Wildman–Crippen MR) is 82.8 cm³/mol. The summed E-state index contributed by atoms with van der Waals surface area (Å²) in [7, 11) is 0. The monoisotopic (exact) mass is 289 g/mol. The number of para-hydroxylation sites is 1. The molecule has 0 aromatic heterocycles. The molecule has 0 saturated carbocycles. The Morgan fingerprint density at radius 3 is 2.71 bits per heavy atom. The van der Waals surface area contributed by atoms with Crippen molar-refractivity contribution in [2.75, 3.05) is 4.90 Å². The summed E-state index contributed by atoms with van der Waals surface area (Å²) in [5.74, 6) is -0.143. The van der Waals surface area contributed by atoms with E-state index in [4.69, 9.17) is 5.73 Å². The van der Waals surface area contributed by atoms with Gasteiger partial charge in [0.15, 0.2) is 0 Å². The number of amides is 2. The number of hydrogen-bond acceptors (Lipinski definition) is 3. The van der Waals surface area contributed by atoms with Gasteiger partial charge in [0.2, 0.25) is 11.8 Å². The number of hydrogen-bond donors (Lipinski definition) is 2. The molecule has 5 nitrogen and oxygen atoms in total. The van der Waals surface area contributed by atoms with Gasteiger partial charge in [-0.3, -0.25) is 9.59 Å². The average molecular weight is 289 g/mol. The van der Waals surface area contributed by atoms with Gasteiger partial charge in [-0.2, -0.15) is 0 Å². The molecule has 114 valence electrons. The Morgan fingerprint density at radius 1 is 1.43 bits per heavy atom. The van der Waals surface area contributed by atoms with Crippen LogP contribution in [-0.2, 0) is 9.59 Å². The van der Waals surface area contributed by atoms with Crippen LogP contribution < -0.4 is 16.0 Å². The maximum Gasteiger partial charge on any atom is 0.249 e.